The molecule has 1 aliphatic rings. The average molecular weight is 310 g/mol. The van der Waals surface area contributed by atoms with Crippen LogP contribution < -0.4 is 5.43 Å². The minimum Gasteiger partial charge on any atom is -0.253 e. The molecule has 22 heavy (non-hydrogen) atoms. The summed E-state index contributed by atoms with van der Waals surface area (Å²) in [5.74, 6) is 0.569. The summed E-state index contributed by atoms with van der Waals surface area (Å²) in [6.07, 6.45) is 4.86. The van der Waals surface area contributed by atoms with Crippen LogP contribution in [0.1, 0.15) is 38.2 Å². The van der Waals surface area contributed by atoms with Gasteiger partial charge in [0.1, 0.15) is 0 Å². The van der Waals surface area contributed by atoms with E-state index in [2.05, 4.69) is 28.5 Å². The normalized spacial score (nSPS) is 19.8. The summed E-state index contributed by atoms with van der Waals surface area (Å²) in [6, 6.07) is 9.59. The summed E-state index contributed by atoms with van der Waals surface area (Å²) in [7, 11) is 0. The molecule has 5 heteroatoms. The number of nitriles is 1. The molecule has 112 valence electrons. The lowest BCUT2D eigenvalue weighted by Gasteiger charge is -2.19. The van der Waals surface area contributed by atoms with Crippen LogP contribution in [-0.4, -0.2) is 10.7 Å². The highest BCUT2D eigenvalue weighted by Crippen LogP contribution is 2.26. The molecule has 1 saturated carbocycles. The van der Waals surface area contributed by atoms with Gasteiger partial charge in [-0.1, -0.05) is 25.5 Å². The van der Waals surface area contributed by atoms with Gasteiger partial charge in [-0.05, 0) is 37.3 Å². The summed E-state index contributed by atoms with van der Waals surface area (Å²) in [6.45, 7) is 2.24. The van der Waals surface area contributed by atoms with E-state index in [1.807, 2.05) is 29.6 Å². The summed E-state index contributed by atoms with van der Waals surface area (Å²) >= 11 is 1.55. The van der Waals surface area contributed by atoms with Crippen LogP contribution >= 0.6 is 11.3 Å². The van der Waals surface area contributed by atoms with Crippen molar-refractivity contribution in [1.82, 2.24) is 4.98 Å². The van der Waals surface area contributed by atoms with E-state index in [1.54, 1.807) is 11.3 Å². The Morgan fingerprint density at radius 3 is 2.86 bits per heavy atom. The molecule has 0 saturated heterocycles. The smallest absolute Gasteiger partial charge is 0.203 e. The topological polar surface area (TPSA) is 61.1 Å². The molecule has 0 spiro atoms. The SMILES string of the molecule is C[C@H]1CCCC/C1=N/Nc1nc(-c2ccc(C#N)cc2)cs1. The van der Waals surface area contributed by atoms with E-state index in [0.29, 0.717) is 11.5 Å². The van der Waals surface area contributed by atoms with Gasteiger partial charge >= 0.3 is 0 Å². The average Bonchev–Trinajstić information content (AvgIpc) is 3.03. The number of thiazole rings is 1. The second-order valence-electron chi connectivity index (χ2n) is 5.59. The quantitative estimate of drug-likeness (QED) is 0.839. The molecular formula is C17H18N4S. The molecule has 1 fully saturated rings. The Labute approximate surface area is 134 Å². The maximum atomic E-state index is 8.83. The Bertz CT molecular complexity index is 709. The number of nitrogens with one attached hydrogen (secondary N) is 1. The van der Waals surface area contributed by atoms with Gasteiger partial charge in [0, 0.05) is 16.7 Å². The summed E-state index contributed by atoms with van der Waals surface area (Å²) in [5.41, 5.74) is 6.94. The molecule has 4 nitrogen and oxygen atoms in total. The third-order valence-electron chi connectivity index (χ3n) is 4.00. The van der Waals surface area contributed by atoms with Gasteiger partial charge in [0.2, 0.25) is 5.13 Å². The van der Waals surface area contributed by atoms with E-state index in [1.165, 1.54) is 25.0 Å². The molecule has 1 N–H and O–H groups in total. The van der Waals surface area contributed by atoms with Crippen molar-refractivity contribution in [3.63, 3.8) is 0 Å². The number of aromatic nitrogens is 1. The molecule has 0 aliphatic heterocycles. The van der Waals surface area contributed by atoms with Crippen molar-refractivity contribution in [1.29, 1.82) is 5.26 Å². The zero-order valence-corrected chi connectivity index (χ0v) is 13.4. The van der Waals surface area contributed by atoms with Crippen molar-refractivity contribution in [3.05, 3.63) is 35.2 Å². The standard InChI is InChI=1S/C17H18N4S/c1-12-4-2-3-5-15(12)20-21-17-19-16(11-22-17)14-8-6-13(10-18)7-9-14/h6-9,11-12H,2-5H2,1H3,(H,19,21)/b20-15-/t12-/m0/s1. The predicted molar refractivity (Wildman–Crippen MR) is 91.0 cm³/mol. The largest absolute Gasteiger partial charge is 0.253 e. The van der Waals surface area contributed by atoms with Crippen LogP contribution in [0.25, 0.3) is 11.3 Å². The molecule has 1 aromatic carbocycles. The fourth-order valence-electron chi connectivity index (χ4n) is 2.63. The highest BCUT2D eigenvalue weighted by molar-refractivity contribution is 7.14. The summed E-state index contributed by atoms with van der Waals surface area (Å²) < 4.78 is 0. The van der Waals surface area contributed by atoms with Crippen LogP contribution in [0.3, 0.4) is 0 Å². The van der Waals surface area contributed by atoms with E-state index in [4.69, 9.17) is 5.26 Å². The van der Waals surface area contributed by atoms with E-state index < -0.39 is 0 Å². The molecular weight excluding hydrogens is 292 g/mol. The Kier molecular flexibility index (Phi) is 4.50. The van der Waals surface area contributed by atoms with E-state index in [-0.39, 0.29) is 0 Å². The van der Waals surface area contributed by atoms with E-state index in [9.17, 15) is 0 Å². The first-order chi connectivity index (χ1) is 10.8. The van der Waals surface area contributed by atoms with Gasteiger partial charge in [0.15, 0.2) is 0 Å². The van der Waals surface area contributed by atoms with Crippen molar-refractivity contribution in [2.45, 2.75) is 32.6 Å². The maximum absolute atomic E-state index is 8.83. The molecule has 3 rings (SSSR count). The Morgan fingerprint density at radius 2 is 2.14 bits per heavy atom. The van der Waals surface area contributed by atoms with Gasteiger partial charge in [-0.25, -0.2) is 4.98 Å². The predicted octanol–water partition coefficient (Wildman–Crippen LogP) is 4.66. The lowest BCUT2D eigenvalue weighted by molar-refractivity contribution is 0.558. The fraction of sp³-hybridized carbons (Fsp3) is 0.353. The van der Waals surface area contributed by atoms with Crippen LogP contribution in [-0.2, 0) is 0 Å². The Hall–Kier alpha value is -2.19. The Morgan fingerprint density at radius 1 is 1.32 bits per heavy atom. The number of rotatable bonds is 3. The van der Waals surface area contributed by atoms with Gasteiger partial charge < -0.3 is 0 Å². The maximum Gasteiger partial charge on any atom is 0.203 e. The zero-order chi connectivity index (χ0) is 15.4. The van der Waals surface area contributed by atoms with Crippen LogP contribution in [0.5, 0.6) is 0 Å². The minimum atomic E-state index is 0.569. The molecule has 2 aromatic rings. The first-order valence-electron chi connectivity index (χ1n) is 7.55. The lowest BCUT2D eigenvalue weighted by atomic mass is 9.89. The van der Waals surface area contributed by atoms with Gasteiger partial charge in [-0.15, -0.1) is 11.3 Å². The Balaban J connectivity index is 1.70. The van der Waals surface area contributed by atoms with Gasteiger partial charge in [-0.3, -0.25) is 5.43 Å². The van der Waals surface area contributed by atoms with Gasteiger partial charge in [0.05, 0.1) is 17.3 Å². The lowest BCUT2D eigenvalue weighted by Crippen LogP contribution is -2.17. The third-order valence-corrected chi connectivity index (χ3v) is 4.74. The minimum absolute atomic E-state index is 0.569. The molecule has 0 amide bonds. The van der Waals surface area contributed by atoms with Gasteiger partial charge in [-0.2, -0.15) is 10.4 Å². The number of hydrazone groups is 1. The number of nitrogens with zero attached hydrogens (tertiary/aromatic N) is 3. The number of hydrogen-bond donors (Lipinski definition) is 1. The van der Waals surface area contributed by atoms with Crippen molar-refractivity contribution in [3.8, 4) is 17.3 Å². The highest BCUT2D eigenvalue weighted by Gasteiger charge is 2.15. The fourth-order valence-corrected chi connectivity index (χ4v) is 3.29. The van der Waals surface area contributed by atoms with Gasteiger partial charge in [0.25, 0.3) is 0 Å². The molecule has 0 unspecified atom stereocenters. The summed E-state index contributed by atoms with van der Waals surface area (Å²) in [4.78, 5) is 4.56. The third kappa shape index (κ3) is 3.34. The second-order valence-corrected chi connectivity index (χ2v) is 6.45. The number of benzene rings is 1. The second kappa shape index (κ2) is 6.71. The van der Waals surface area contributed by atoms with E-state index in [0.717, 1.165) is 22.8 Å². The molecule has 0 radical (unpaired) electrons. The first-order valence-corrected chi connectivity index (χ1v) is 8.43. The van der Waals surface area contributed by atoms with Crippen LogP contribution in [0, 0.1) is 17.2 Å². The summed E-state index contributed by atoms with van der Waals surface area (Å²) in [5, 5.41) is 16.2. The van der Waals surface area contributed by atoms with Crippen molar-refractivity contribution in [2.75, 3.05) is 5.43 Å². The first kappa shape index (κ1) is 14.7. The van der Waals surface area contributed by atoms with Crippen LogP contribution in [0.4, 0.5) is 5.13 Å². The zero-order valence-electron chi connectivity index (χ0n) is 12.5. The van der Waals surface area contributed by atoms with Crippen LogP contribution in [0.15, 0.2) is 34.7 Å². The number of hydrogen-bond acceptors (Lipinski definition) is 5. The monoisotopic (exact) mass is 310 g/mol. The number of anilines is 1. The molecule has 1 atom stereocenters. The molecule has 1 aliphatic carbocycles. The highest BCUT2D eigenvalue weighted by atomic mass is 32.1. The van der Waals surface area contributed by atoms with Crippen molar-refractivity contribution >= 4 is 22.2 Å². The van der Waals surface area contributed by atoms with E-state index >= 15 is 0 Å². The van der Waals surface area contributed by atoms with Crippen molar-refractivity contribution < 1.29 is 0 Å². The molecule has 1 heterocycles. The van der Waals surface area contributed by atoms with Crippen molar-refractivity contribution in [2.24, 2.45) is 11.0 Å². The molecule has 0 bridgehead atoms. The molecule has 1 aromatic heterocycles. The van der Waals surface area contributed by atoms with Crippen LogP contribution in [0.2, 0.25) is 0 Å².